The number of aromatic nitrogens is 3. The van der Waals surface area contributed by atoms with E-state index in [1.165, 1.54) is 12.8 Å². The third-order valence-corrected chi connectivity index (χ3v) is 7.63. The molecule has 1 N–H and O–H groups in total. The second-order valence-corrected chi connectivity index (χ2v) is 9.78. The molecule has 162 valence electrons. The summed E-state index contributed by atoms with van der Waals surface area (Å²) in [5.74, 6) is 1.64. The number of imidazole rings is 1. The number of nitrogens with zero attached hydrogens (tertiary/aromatic N) is 3. The predicted octanol–water partition coefficient (Wildman–Crippen LogP) is 0.667. The Hall–Kier alpha value is -2.43. The van der Waals surface area contributed by atoms with Gasteiger partial charge in [-0.3, -0.25) is 0 Å². The van der Waals surface area contributed by atoms with Gasteiger partial charge in [0.1, 0.15) is 0 Å². The van der Waals surface area contributed by atoms with E-state index in [0.29, 0.717) is 17.3 Å². The molecule has 1 aliphatic heterocycles. The normalized spacial score (nSPS) is 16.4. The molecule has 8 heteroatoms. The molecule has 4 heterocycles. The Morgan fingerprint density at radius 3 is 3.03 bits per heavy atom. The van der Waals surface area contributed by atoms with Gasteiger partial charge in [-0.05, 0) is 0 Å². The first-order chi connectivity index (χ1) is 15.3. The zero-order valence-electron chi connectivity index (χ0n) is 17.3. The molecule has 1 atom stereocenters. The predicted molar refractivity (Wildman–Crippen MR) is 115 cm³/mol. The van der Waals surface area contributed by atoms with Crippen molar-refractivity contribution in [2.24, 2.45) is 0 Å². The number of para-hydroxylation sites is 1. The Morgan fingerprint density at radius 1 is 1.19 bits per heavy atom. The van der Waals surface area contributed by atoms with Gasteiger partial charge in [-0.15, -0.1) is 0 Å². The number of methoxy groups -OCH3 is 1. The minimum atomic E-state index is -0.419. The molecule has 1 aromatic carbocycles. The second kappa shape index (κ2) is 9.37. The Labute approximate surface area is 191 Å². The summed E-state index contributed by atoms with van der Waals surface area (Å²) in [6, 6.07) is 14.1. The topological polar surface area (TPSA) is 69.9 Å². The van der Waals surface area contributed by atoms with Crippen molar-refractivity contribution in [3.8, 4) is 22.9 Å². The SMILES string of the molecule is COCCOc1ccn2c(-c3ccc4cccc(O[I-][C@H]5CCCN5)c4n3)cnc2c1. The number of nitrogens with one attached hydrogen (secondary N) is 1. The number of pyridine rings is 2. The maximum absolute atomic E-state index is 6.26. The van der Waals surface area contributed by atoms with Crippen LogP contribution in [0.15, 0.2) is 54.9 Å². The first-order valence-electron chi connectivity index (χ1n) is 10.3. The van der Waals surface area contributed by atoms with Crippen LogP contribution in [0, 0.1) is 0 Å². The Bertz CT molecular complexity index is 1190. The van der Waals surface area contributed by atoms with Crippen molar-refractivity contribution < 1.29 is 34.2 Å². The molecule has 4 aromatic rings. The van der Waals surface area contributed by atoms with E-state index in [2.05, 4.69) is 22.4 Å². The van der Waals surface area contributed by atoms with Gasteiger partial charge in [0.25, 0.3) is 0 Å². The van der Waals surface area contributed by atoms with Crippen molar-refractivity contribution in [2.75, 3.05) is 26.9 Å². The maximum atomic E-state index is 6.26. The molecule has 0 bridgehead atoms. The summed E-state index contributed by atoms with van der Waals surface area (Å²) < 4.78 is 19.5. The second-order valence-electron chi connectivity index (χ2n) is 7.33. The van der Waals surface area contributed by atoms with Crippen LogP contribution in [-0.2, 0) is 4.74 Å². The van der Waals surface area contributed by atoms with E-state index in [1.807, 2.05) is 47.1 Å². The quantitative estimate of drug-likeness (QED) is 0.156. The van der Waals surface area contributed by atoms with Crippen LogP contribution in [0.5, 0.6) is 11.5 Å². The van der Waals surface area contributed by atoms with Crippen LogP contribution in [0.25, 0.3) is 27.9 Å². The number of alkyl halides is 1. The standard InChI is InChI=1S/C23H24IN4O3/c1-29-12-13-30-17-9-11-28-19(15-26-22(28)14-17)18-8-7-16-4-2-5-20(23(16)27-18)31-24-21-6-3-10-25-21/h2,4-5,7-9,11,14-15,21,25H,3,6,10,12-13H2,1H3/q-1/t21-/m1/s1. The number of fused-ring (bicyclic) bond motifs is 2. The minimum absolute atomic E-state index is 0.419. The van der Waals surface area contributed by atoms with Gasteiger partial charge >= 0.3 is 173 Å². The summed E-state index contributed by atoms with van der Waals surface area (Å²) in [6.07, 6.45) is 6.25. The summed E-state index contributed by atoms with van der Waals surface area (Å²) in [7, 11) is 1.66. The first kappa shape index (κ1) is 20.5. The van der Waals surface area contributed by atoms with E-state index < -0.39 is 21.6 Å². The Kier molecular flexibility index (Phi) is 6.19. The molecule has 1 saturated heterocycles. The van der Waals surface area contributed by atoms with Gasteiger partial charge in [-0.1, -0.05) is 0 Å². The molecule has 7 nitrogen and oxygen atoms in total. The average molecular weight is 531 g/mol. The van der Waals surface area contributed by atoms with Crippen LogP contribution in [0.3, 0.4) is 0 Å². The van der Waals surface area contributed by atoms with E-state index in [-0.39, 0.29) is 0 Å². The third-order valence-electron chi connectivity index (χ3n) is 5.22. The number of hydrogen-bond donors (Lipinski definition) is 1. The van der Waals surface area contributed by atoms with E-state index in [1.54, 1.807) is 7.11 Å². The number of rotatable bonds is 8. The van der Waals surface area contributed by atoms with Gasteiger partial charge in [0.15, 0.2) is 0 Å². The van der Waals surface area contributed by atoms with Crippen molar-refractivity contribution in [3.63, 3.8) is 0 Å². The number of ether oxygens (including phenoxy) is 2. The van der Waals surface area contributed by atoms with E-state index in [4.69, 9.17) is 17.5 Å². The number of halogens is 1. The monoisotopic (exact) mass is 531 g/mol. The van der Waals surface area contributed by atoms with Crippen LogP contribution in [0.4, 0.5) is 0 Å². The zero-order valence-corrected chi connectivity index (χ0v) is 19.4. The van der Waals surface area contributed by atoms with E-state index in [0.717, 1.165) is 46.0 Å². The Morgan fingerprint density at radius 2 is 2.16 bits per heavy atom. The molecule has 0 aliphatic carbocycles. The zero-order chi connectivity index (χ0) is 21.0. The fourth-order valence-electron chi connectivity index (χ4n) is 3.63. The molecule has 0 unspecified atom stereocenters. The average Bonchev–Trinajstić information content (AvgIpc) is 3.47. The van der Waals surface area contributed by atoms with E-state index in [9.17, 15) is 0 Å². The van der Waals surface area contributed by atoms with Crippen LogP contribution >= 0.6 is 0 Å². The molecule has 3 aromatic heterocycles. The Balaban J connectivity index is 1.44. The van der Waals surface area contributed by atoms with Crippen molar-refractivity contribution in [1.29, 1.82) is 0 Å². The fraction of sp³-hybridized carbons (Fsp3) is 0.304. The van der Waals surface area contributed by atoms with Crippen LogP contribution < -0.4 is 34.7 Å². The van der Waals surface area contributed by atoms with Crippen LogP contribution in [0.1, 0.15) is 12.8 Å². The first-order valence-corrected chi connectivity index (χ1v) is 12.5. The van der Waals surface area contributed by atoms with Crippen molar-refractivity contribution in [2.45, 2.75) is 16.9 Å². The van der Waals surface area contributed by atoms with Crippen molar-refractivity contribution >= 4 is 16.6 Å². The van der Waals surface area contributed by atoms with Gasteiger partial charge < -0.3 is 4.74 Å². The van der Waals surface area contributed by atoms with Gasteiger partial charge in [0.05, 0.1) is 6.61 Å². The van der Waals surface area contributed by atoms with E-state index >= 15 is 0 Å². The van der Waals surface area contributed by atoms with Gasteiger partial charge in [-0.2, -0.15) is 0 Å². The molecule has 1 aliphatic rings. The molecule has 5 rings (SSSR count). The molecular weight excluding hydrogens is 507 g/mol. The van der Waals surface area contributed by atoms with Crippen LogP contribution in [-0.4, -0.2) is 45.3 Å². The molecular formula is C23H24IN4O3-. The molecule has 0 saturated carbocycles. The summed E-state index contributed by atoms with van der Waals surface area (Å²) in [5, 5.41) is 4.60. The van der Waals surface area contributed by atoms with Crippen molar-refractivity contribution in [3.05, 3.63) is 54.9 Å². The summed E-state index contributed by atoms with van der Waals surface area (Å²) in [6.45, 7) is 2.16. The summed E-state index contributed by atoms with van der Waals surface area (Å²) in [5.41, 5.74) is 3.50. The molecule has 1 fully saturated rings. The summed E-state index contributed by atoms with van der Waals surface area (Å²) in [4.78, 5) is 9.51. The summed E-state index contributed by atoms with van der Waals surface area (Å²) >= 11 is -0.419. The van der Waals surface area contributed by atoms with Crippen LogP contribution in [0.2, 0.25) is 0 Å². The number of hydrogen-bond acceptors (Lipinski definition) is 6. The third kappa shape index (κ3) is 4.46. The van der Waals surface area contributed by atoms with Gasteiger partial charge in [0, 0.05) is 7.11 Å². The molecule has 0 spiro atoms. The van der Waals surface area contributed by atoms with Gasteiger partial charge in [0.2, 0.25) is 0 Å². The molecule has 0 amide bonds. The fourth-order valence-corrected chi connectivity index (χ4v) is 5.75. The van der Waals surface area contributed by atoms with Gasteiger partial charge in [-0.25, -0.2) is 0 Å². The number of benzene rings is 1. The molecule has 0 radical (unpaired) electrons. The molecule has 31 heavy (non-hydrogen) atoms. The van der Waals surface area contributed by atoms with Crippen molar-refractivity contribution in [1.82, 2.24) is 19.7 Å².